The Labute approximate surface area is 193 Å². The summed E-state index contributed by atoms with van der Waals surface area (Å²) < 4.78 is 11.7. The Balaban J connectivity index is 1.70. The largest absolute Gasteiger partial charge is 0.507 e. The number of aromatic nitrogens is 1. The number of ketones is 1. The molecular formula is C25H20N2O5S. The molecule has 3 heterocycles. The molecule has 5 rings (SSSR count). The van der Waals surface area contributed by atoms with Crippen LogP contribution in [0.2, 0.25) is 0 Å². The summed E-state index contributed by atoms with van der Waals surface area (Å²) in [6.07, 6.45) is 1.47. The number of carbonyl (C=O) groups is 2. The van der Waals surface area contributed by atoms with Crippen molar-refractivity contribution in [3.05, 3.63) is 82.8 Å². The zero-order valence-corrected chi connectivity index (χ0v) is 19.0. The Morgan fingerprint density at radius 2 is 1.91 bits per heavy atom. The number of aryl methyl sites for hydroxylation is 2. The van der Waals surface area contributed by atoms with Crippen LogP contribution in [0, 0.1) is 13.8 Å². The van der Waals surface area contributed by atoms with Gasteiger partial charge in [-0.15, -0.1) is 0 Å². The van der Waals surface area contributed by atoms with E-state index in [4.69, 9.17) is 9.15 Å². The number of thiazole rings is 1. The lowest BCUT2D eigenvalue weighted by atomic mass is 9.99. The summed E-state index contributed by atoms with van der Waals surface area (Å²) in [5, 5.41) is 11.5. The smallest absolute Gasteiger partial charge is 0.302 e. The number of aliphatic hydroxyl groups is 1. The minimum absolute atomic E-state index is 0.0488. The van der Waals surface area contributed by atoms with Gasteiger partial charge in [0.2, 0.25) is 0 Å². The predicted octanol–water partition coefficient (Wildman–Crippen LogP) is 5.14. The molecule has 33 heavy (non-hydrogen) atoms. The molecule has 0 bridgehead atoms. The number of hydrogen-bond donors (Lipinski definition) is 1. The van der Waals surface area contributed by atoms with E-state index in [-0.39, 0.29) is 11.3 Å². The molecule has 8 heteroatoms. The van der Waals surface area contributed by atoms with Crippen LogP contribution in [-0.2, 0) is 9.59 Å². The zero-order valence-electron chi connectivity index (χ0n) is 18.2. The summed E-state index contributed by atoms with van der Waals surface area (Å²) >= 11 is 1.32. The fourth-order valence-corrected chi connectivity index (χ4v) is 5.28. The Morgan fingerprint density at radius 3 is 2.58 bits per heavy atom. The Morgan fingerprint density at radius 1 is 1.15 bits per heavy atom. The molecule has 1 amide bonds. The molecule has 1 fully saturated rings. The first-order chi connectivity index (χ1) is 15.9. The zero-order chi connectivity index (χ0) is 23.3. The van der Waals surface area contributed by atoms with E-state index in [1.807, 2.05) is 26.0 Å². The van der Waals surface area contributed by atoms with Crippen molar-refractivity contribution in [2.24, 2.45) is 0 Å². The first-order valence-corrected chi connectivity index (χ1v) is 11.1. The van der Waals surface area contributed by atoms with Crippen LogP contribution in [0.25, 0.3) is 16.0 Å². The number of hydrogen-bond acceptors (Lipinski definition) is 7. The van der Waals surface area contributed by atoms with Crippen LogP contribution in [0.3, 0.4) is 0 Å². The van der Waals surface area contributed by atoms with E-state index < -0.39 is 17.7 Å². The first-order valence-electron chi connectivity index (χ1n) is 10.3. The second-order valence-corrected chi connectivity index (χ2v) is 8.85. The van der Waals surface area contributed by atoms with Gasteiger partial charge < -0.3 is 14.3 Å². The molecule has 0 aliphatic carbocycles. The molecule has 166 valence electrons. The second-order valence-electron chi connectivity index (χ2n) is 7.84. The van der Waals surface area contributed by atoms with Crippen LogP contribution in [0.4, 0.5) is 5.13 Å². The number of amides is 1. The number of aliphatic hydroxyl groups excluding tert-OH is 1. The molecule has 1 aliphatic heterocycles. The van der Waals surface area contributed by atoms with Crippen molar-refractivity contribution < 1.29 is 23.8 Å². The van der Waals surface area contributed by atoms with E-state index >= 15 is 0 Å². The molecule has 0 radical (unpaired) electrons. The van der Waals surface area contributed by atoms with E-state index in [0.29, 0.717) is 22.2 Å². The van der Waals surface area contributed by atoms with Gasteiger partial charge >= 0.3 is 5.91 Å². The summed E-state index contributed by atoms with van der Waals surface area (Å²) in [5.74, 6) is -0.879. The summed E-state index contributed by atoms with van der Waals surface area (Å²) in [6.45, 7) is 3.95. The topological polar surface area (TPSA) is 92.9 Å². The van der Waals surface area contributed by atoms with E-state index in [1.54, 1.807) is 43.5 Å². The molecule has 0 saturated carbocycles. The van der Waals surface area contributed by atoms with Crippen LogP contribution in [0.1, 0.15) is 28.5 Å². The second kappa shape index (κ2) is 7.90. The molecule has 2 aromatic heterocycles. The van der Waals surface area contributed by atoms with Crippen LogP contribution in [0.5, 0.6) is 5.75 Å². The van der Waals surface area contributed by atoms with Gasteiger partial charge in [-0.1, -0.05) is 17.4 Å². The summed E-state index contributed by atoms with van der Waals surface area (Å²) in [5.41, 5.74) is 3.18. The summed E-state index contributed by atoms with van der Waals surface area (Å²) in [4.78, 5) is 32.4. The van der Waals surface area contributed by atoms with Crippen molar-refractivity contribution >= 4 is 44.1 Å². The fraction of sp³-hybridized carbons (Fsp3) is 0.160. The quantitative estimate of drug-likeness (QED) is 0.257. The number of benzene rings is 2. The van der Waals surface area contributed by atoms with Gasteiger partial charge in [0.1, 0.15) is 23.3 Å². The standard InChI is InChI=1S/C25H20N2O5S/c1-13-11-14(2)20-18(12-13)33-25(26-20)27-21(17-5-4-10-32-17)19(23(29)24(27)30)22(28)15-6-8-16(31-3)9-7-15/h4-12,21,28H,1-3H3. The number of Topliss-reactive ketones (excluding diaryl/α,β-unsaturated/α-hetero) is 1. The van der Waals surface area contributed by atoms with Crippen molar-refractivity contribution in [1.29, 1.82) is 0 Å². The fourth-order valence-electron chi connectivity index (χ4n) is 4.11. The van der Waals surface area contributed by atoms with Crippen molar-refractivity contribution in [2.75, 3.05) is 12.0 Å². The predicted molar refractivity (Wildman–Crippen MR) is 126 cm³/mol. The van der Waals surface area contributed by atoms with E-state index in [1.165, 1.54) is 22.5 Å². The van der Waals surface area contributed by atoms with E-state index in [2.05, 4.69) is 4.98 Å². The molecule has 1 unspecified atom stereocenters. The summed E-state index contributed by atoms with van der Waals surface area (Å²) in [7, 11) is 1.54. The van der Waals surface area contributed by atoms with Gasteiger partial charge in [-0.2, -0.15) is 0 Å². The van der Waals surface area contributed by atoms with Crippen LogP contribution in [-0.4, -0.2) is 28.9 Å². The minimum atomic E-state index is -0.941. The number of methoxy groups -OCH3 is 1. The van der Waals surface area contributed by atoms with E-state index in [9.17, 15) is 14.7 Å². The molecule has 4 aromatic rings. The molecular weight excluding hydrogens is 440 g/mol. The third-order valence-corrected chi connectivity index (χ3v) is 6.65. The van der Waals surface area contributed by atoms with Crippen LogP contribution in [0.15, 0.2) is 64.8 Å². The van der Waals surface area contributed by atoms with Crippen molar-refractivity contribution in [3.63, 3.8) is 0 Å². The highest BCUT2D eigenvalue weighted by Crippen LogP contribution is 2.44. The van der Waals surface area contributed by atoms with E-state index in [0.717, 1.165) is 21.3 Å². The maximum atomic E-state index is 13.2. The number of furan rings is 1. The Kier molecular flexibility index (Phi) is 5.02. The Bertz CT molecular complexity index is 1420. The third kappa shape index (κ3) is 3.39. The first kappa shape index (κ1) is 21.0. The van der Waals surface area contributed by atoms with Crippen molar-refractivity contribution in [3.8, 4) is 5.75 Å². The highest BCUT2D eigenvalue weighted by atomic mass is 32.1. The van der Waals surface area contributed by atoms with Crippen molar-refractivity contribution in [2.45, 2.75) is 19.9 Å². The van der Waals surface area contributed by atoms with Gasteiger partial charge in [0.25, 0.3) is 5.78 Å². The number of anilines is 1. The van der Waals surface area contributed by atoms with Gasteiger partial charge in [-0.25, -0.2) is 4.98 Å². The normalized spacial score (nSPS) is 17.8. The number of rotatable bonds is 4. The van der Waals surface area contributed by atoms with Crippen molar-refractivity contribution in [1.82, 2.24) is 4.98 Å². The van der Waals surface area contributed by atoms with Gasteiger partial charge in [0.05, 0.1) is 29.2 Å². The molecule has 1 N–H and O–H groups in total. The minimum Gasteiger partial charge on any atom is -0.507 e. The maximum Gasteiger partial charge on any atom is 0.302 e. The maximum absolute atomic E-state index is 13.2. The number of carbonyl (C=O) groups excluding carboxylic acids is 2. The summed E-state index contributed by atoms with van der Waals surface area (Å²) in [6, 6.07) is 13.0. The number of fused-ring (bicyclic) bond motifs is 1. The third-order valence-electron chi connectivity index (χ3n) is 5.65. The Hall–Kier alpha value is -3.91. The molecule has 1 saturated heterocycles. The number of nitrogens with zero attached hydrogens (tertiary/aromatic N) is 2. The average Bonchev–Trinajstić information content (AvgIpc) is 3.52. The van der Waals surface area contributed by atoms with Gasteiger partial charge in [-0.3, -0.25) is 14.5 Å². The SMILES string of the molecule is COc1ccc(C(O)=C2C(=O)C(=O)N(c3nc4c(C)cc(C)cc4s3)C2c2ccco2)cc1. The lowest BCUT2D eigenvalue weighted by Gasteiger charge is -2.20. The van der Waals surface area contributed by atoms with Gasteiger partial charge in [0, 0.05) is 5.56 Å². The monoisotopic (exact) mass is 460 g/mol. The number of ether oxygens (including phenoxy) is 1. The van der Waals surface area contributed by atoms with Crippen LogP contribution >= 0.6 is 11.3 Å². The molecule has 1 atom stereocenters. The van der Waals surface area contributed by atoms with Crippen LogP contribution < -0.4 is 9.64 Å². The molecule has 2 aromatic carbocycles. The highest BCUT2D eigenvalue weighted by Gasteiger charge is 2.49. The lowest BCUT2D eigenvalue weighted by molar-refractivity contribution is -0.132. The molecule has 0 spiro atoms. The van der Waals surface area contributed by atoms with Gasteiger partial charge in [-0.05, 0) is 67.4 Å². The molecule has 1 aliphatic rings. The lowest BCUT2D eigenvalue weighted by Crippen LogP contribution is -2.29. The molecule has 7 nitrogen and oxygen atoms in total. The van der Waals surface area contributed by atoms with Gasteiger partial charge in [0.15, 0.2) is 5.13 Å². The average molecular weight is 461 g/mol. The highest BCUT2D eigenvalue weighted by molar-refractivity contribution is 7.22.